The molecule has 0 saturated heterocycles. The molecule has 1 atom stereocenters. The van der Waals surface area contributed by atoms with Crippen LogP contribution in [0.2, 0.25) is 0 Å². The summed E-state index contributed by atoms with van der Waals surface area (Å²) in [4.78, 5) is 7.81. The summed E-state index contributed by atoms with van der Waals surface area (Å²) in [7, 11) is -3.29. The molecule has 0 aliphatic carbocycles. The van der Waals surface area contributed by atoms with Crippen LogP contribution in [0.25, 0.3) is 17.0 Å². The van der Waals surface area contributed by atoms with Crippen molar-refractivity contribution in [3.63, 3.8) is 0 Å². The van der Waals surface area contributed by atoms with E-state index in [1.54, 1.807) is 35.9 Å². The number of hydrogen-bond donors (Lipinski definition) is 1. The van der Waals surface area contributed by atoms with Crippen molar-refractivity contribution in [2.24, 2.45) is 0 Å². The molecule has 1 N–H and O–H groups in total. The molecule has 4 aromatic rings. The largest absolute Gasteiger partial charge is 0.471 e. The molecule has 0 saturated carbocycles. The highest BCUT2D eigenvalue weighted by Gasteiger charge is 2.38. The first-order valence-electron chi connectivity index (χ1n) is 9.21. The topological polar surface area (TPSA) is 94.5 Å². The van der Waals surface area contributed by atoms with Crippen molar-refractivity contribution < 1.29 is 26.8 Å². The molecular weight excluding hydrogens is 434 g/mol. The van der Waals surface area contributed by atoms with Gasteiger partial charge in [0.15, 0.2) is 0 Å². The normalized spacial score (nSPS) is 13.9. The van der Waals surface area contributed by atoms with Gasteiger partial charge >= 0.3 is 12.1 Å². The van der Waals surface area contributed by atoms with Gasteiger partial charge in [-0.05, 0) is 31.2 Å². The number of anilines is 1. The fourth-order valence-corrected chi connectivity index (χ4v) is 4.73. The number of para-hydroxylation sites is 1. The van der Waals surface area contributed by atoms with Crippen molar-refractivity contribution in [2.45, 2.75) is 19.3 Å². The number of hydrogen-bond acceptors (Lipinski definition) is 6. The van der Waals surface area contributed by atoms with E-state index < -0.39 is 19.6 Å². The SMILES string of the molecule is CCOP(=O)(Cc1cn2ccc(-c3noc(C(F)(F)F)n3)cc2n1)Nc1ccccc1. The number of alkyl halides is 3. The number of halogens is 3. The van der Waals surface area contributed by atoms with E-state index in [1.807, 2.05) is 18.2 Å². The molecule has 8 nitrogen and oxygen atoms in total. The second-order valence-electron chi connectivity index (χ2n) is 6.56. The van der Waals surface area contributed by atoms with E-state index in [2.05, 4.69) is 24.7 Å². The summed E-state index contributed by atoms with van der Waals surface area (Å²) in [5.41, 5.74) is 1.87. The van der Waals surface area contributed by atoms with Crippen LogP contribution in [0, 0.1) is 0 Å². The number of rotatable bonds is 7. The molecule has 3 heterocycles. The third kappa shape index (κ3) is 4.78. The molecule has 0 fully saturated rings. The van der Waals surface area contributed by atoms with Gasteiger partial charge in [-0.25, -0.2) is 4.98 Å². The van der Waals surface area contributed by atoms with Crippen molar-refractivity contribution >= 4 is 18.9 Å². The van der Waals surface area contributed by atoms with Crippen LogP contribution in [0.3, 0.4) is 0 Å². The molecule has 12 heteroatoms. The van der Waals surface area contributed by atoms with Gasteiger partial charge in [-0.2, -0.15) is 18.2 Å². The standard InChI is InChI=1S/C19H17F3N5O3P/c1-2-29-31(28,26-14-6-4-3-5-7-14)12-15-11-27-9-8-13(10-16(27)23-15)17-24-18(30-25-17)19(20,21)22/h3-11H,2,12H2,1H3,(H,26,28). The molecule has 0 aliphatic rings. The summed E-state index contributed by atoms with van der Waals surface area (Å²) in [6.07, 6.45) is -1.43. The van der Waals surface area contributed by atoms with Crippen molar-refractivity contribution in [3.8, 4) is 11.4 Å². The number of fused-ring (bicyclic) bond motifs is 1. The molecule has 162 valence electrons. The Kier molecular flexibility index (Phi) is 5.55. The highest BCUT2D eigenvalue weighted by molar-refractivity contribution is 7.59. The molecule has 0 radical (unpaired) electrons. The van der Waals surface area contributed by atoms with Crippen LogP contribution >= 0.6 is 7.52 Å². The Labute approximate surface area is 174 Å². The Balaban J connectivity index is 1.60. The zero-order valence-corrected chi connectivity index (χ0v) is 17.1. The van der Waals surface area contributed by atoms with Gasteiger partial charge in [-0.15, -0.1) is 0 Å². The van der Waals surface area contributed by atoms with E-state index in [9.17, 15) is 17.7 Å². The van der Waals surface area contributed by atoms with Crippen molar-refractivity contribution in [3.05, 3.63) is 66.4 Å². The van der Waals surface area contributed by atoms with Gasteiger partial charge in [0.25, 0.3) is 7.52 Å². The predicted octanol–water partition coefficient (Wildman–Crippen LogP) is 5.24. The zero-order valence-electron chi connectivity index (χ0n) is 16.2. The Morgan fingerprint density at radius 1 is 1.19 bits per heavy atom. The monoisotopic (exact) mass is 451 g/mol. The van der Waals surface area contributed by atoms with Crippen LogP contribution in [-0.2, 0) is 21.4 Å². The molecule has 1 aromatic carbocycles. The van der Waals surface area contributed by atoms with E-state index in [-0.39, 0.29) is 18.6 Å². The summed E-state index contributed by atoms with van der Waals surface area (Å²) in [5.74, 6) is -1.62. The lowest BCUT2D eigenvalue weighted by molar-refractivity contribution is -0.159. The van der Waals surface area contributed by atoms with Crippen molar-refractivity contribution in [2.75, 3.05) is 11.7 Å². The number of aromatic nitrogens is 4. The average Bonchev–Trinajstić information content (AvgIpc) is 3.34. The summed E-state index contributed by atoms with van der Waals surface area (Å²) in [5, 5.41) is 6.33. The first-order valence-corrected chi connectivity index (χ1v) is 11.0. The fourth-order valence-electron chi connectivity index (χ4n) is 2.95. The number of pyridine rings is 1. The van der Waals surface area contributed by atoms with E-state index >= 15 is 0 Å². The maximum atomic E-state index is 13.3. The molecule has 0 amide bonds. The number of imidazole rings is 1. The van der Waals surface area contributed by atoms with Crippen LogP contribution in [0.4, 0.5) is 18.9 Å². The number of nitrogens with zero attached hydrogens (tertiary/aromatic N) is 4. The van der Waals surface area contributed by atoms with E-state index in [1.165, 1.54) is 12.1 Å². The summed E-state index contributed by atoms with van der Waals surface area (Å²) in [6, 6.07) is 12.1. The Morgan fingerprint density at radius 3 is 2.65 bits per heavy atom. The lowest BCUT2D eigenvalue weighted by Gasteiger charge is -2.19. The van der Waals surface area contributed by atoms with Gasteiger partial charge in [0.05, 0.1) is 18.5 Å². The minimum Gasteiger partial charge on any atom is -0.329 e. The fraction of sp³-hybridized carbons (Fsp3) is 0.211. The number of nitrogens with one attached hydrogen (secondary N) is 1. The minimum atomic E-state index is -4.72. The lowest BCUT2D eigenvalue weighted by atomic mass is 10.2. The van der Waals surface area contributed by atoms with Crippen LogP contribution in [0.1, 0.15) is 18.5 Å². The van der Waals surface area contributed by atoms with Gasteiger partial charge in [0.1, 0.15) is 5.65 Å². The van der Waals surface area contributed by atoms with E-state index in [0.29, 0.717) is 22.6 Å². The molecule has 3 aromatic heterocycles. The molecule has 0 aliphatic heterocycles. The summed E-state index contributed by atoms with van der Waals surface area (Å²) < 4.78 is 62.8. The molecule has 1 unspecified atom stereocenters. The maximum Gasteiger partial charge on any atom is 0.471 e. The van der Waals surface area contributed by atoms with Gasteiger partial charge in [-0.1, -0.05) is 23.4 Å². The van der Waals surface area contributed by atoms with Gasteiger partial charge in [-0.3, -0.25) is 4.57 Å². The number of benzene rings is 1. The van der Waals surface area contributed by atoms with Crippen LogP contribution < -0.4 is 5.09 Å². The summed E-state index contributed by atoms with van der Waals surface area (Å²) >= 11 is 0. The Hall–Kier alpha value is -3.17. The summed E-state index contributed by atoms with van der Waals surface area (Å²) in [6.45, 7) is 1.99. The highest BCUT2D eigenvalue weighted by atomic mass is 31.2. The highest BCUT2D eigenvalue weighted by Crippen LogP contribution is 2.49. The van der Waals surface area contributed by atoms with Crippen LogP contribution in [0.5, 0.6) is 0 Å². The molecule has 31 heavy (non-hydrogen) atoms. The van der Waals surface area contributed by atoms with Crippen LogP contribution in [0.15, 0.2) is 59.4 Å². The minimum absolute atomic E-state index is 0.0210. The second-order valence-corrected chi connectivity index (χ2v) is 8.71. The maximum absolute atomic E-state index is 13.3. The Morgan fingerprint density at radius 2 is 1.97 bits per heavy atom. The molecular formula is C19H17F3N5O3P. The molecule has 4 rings (SSSR count). The second kappa shape index (κ2) is 8.16. The van der Waals surface area contributed by atoms with Gasteiger partial charge in [0, 0.05) is 23.6 Å². The Bertz CT molecular complexity index is 1240. The zero-order chi connectivity index (χ0) is 22.1. The van der Waals surface area contributed by atoms with Crippen LogP contribution in [-0.4, -0.2) is 26.1 Å². The molecule has 0 bridgehead atoms. The van der Waals surface area contributed by atoms with E-state index in [4.69, 9.17) is 4.52 Å². The van der Waals surface area contributed by atoms with Gasteiger partial charge < -0.3 is 18.5 Å². The van der Waals surface area contributed by atoms with E-state index in [0.717, 1.165) is 0 Å². The predicted molar refractivity (Wildman–Crippen MR) is 106 cm³/mol. The average molecular weight is 451 g/mol. The lowest BCUT2D eigenvalue weighted by Crippen LogP contribution is -2.04. The first kappa shape index (κ1) is 21.1. The smallest absolute Gasteiger partial charge is 0.329 e. The van der Waals surface area contributed by atoms with Crippen molar-refractivity contribution in [1.82, 2.24) is 19.5 Å². The van der Waals surface area contributed by atoms with Gasteiger partial charge in [0.2, 0.25) is 5.82 Å². The first-order chi connectivity index (χ1) is 14.8. The van der Waals surface area contributed by atoms with Crippen molar-refractivity contribution in [1.29, 1.82) is 0 Å². The third-order valence-corrected chi connectivity index (χ3v) is 6.23. The third-order valence-electron chi connectivity index (χ3n) is 4.22. The quantitative estimate of drug-likeness (QED) is 0.384. The molecule has 0 spiro atoms.